The molecule has 0 N–H and O–H groups in total. The fourth-order valence-corrected chi connectivity index (χ4v) is 2.51. The van der Waals surface area contributed by atoms with Crippen LogP contribution < -0.4 is 0 Å². The van der Waals surface area contributed by atoms with Gasteiger partial charge in [-0.3, -0.25) is 14.4 Å². The molecule has 1 aliphatic rings. The SMILES string of the molecule is CC(CCc1ccccc1)ON1C(=O)c2ccccc2C1=O. The minimum absolute atomic E-state index is 0.220. The third kappa shape index (κ3) is 2.78. The predicted octanol–water partition coefficient (Wildman–Crippen LogP) is 3.24. The summed E-state index contributed by atoms with van der Waals surface area (Å²) in [7, 11) is 0. The number of rotatable bonds is 5. The lowest BCUT2D eigenvalue weighted by atomic mass is 10.1. The Balaban J connectivity index is 1.62. The third-order valence-electron chi connectivity index (χ3n) is 3.72. The maximum atomic E-state index is 12.2. The number of fused-ring (bicyclic) bond motifs is 1. The summed E-state index contributed by atoms with van der Waals surface area (Å²) < 4.78 is 0. The van der Waals surface area contributed by atoms with Crippen LogP contribution in [0.5, 0.6) is 0 Å². The number of hydrogen-bond acceptors (Lipinski definition) is 3. The van der Waals surface area contributed by atoms with Gasteiger partial charge in [0.15, 0.2) is 0 Å². The fourth-order valence-electron chi connectivity index (χ4n) is 2.51. The highest BCUT2D eigenvalue weighted by Gasteiger charge is 2.37. The number of hydrogen-bond donors (Lipinski definition) is 0. The zero-order valence-electron chi connectivity index (χ0n) is 12.4. The summed E-state index contributed by atoms with van der Waals surface area (Å²) in [5.74, 6) is -0.765. The Morgan fingerprint density at radius 2 is 1.45 bits per heavy atom. The van der Waals surface area contributed by atoms with Crippen LogP contribution in [0.25, 0.3) is 0 Å². The van der Waals surface area contributed by atoms with Crippen molar-refractivity contribution < 1.29 is 14.4 Å². The molecule has 4 heteroatoms. The summed E-state index contributed by atoms with van der Waals surface area (Å²) in [5.41, 5.74) is 2.02. The van der Waals surface area contributed by atoms with E-state index in [2.05, 4.69) is 12.1 Å². The molecule has 1 atom stereocenters. The molecular formula is C18H17NO3. The highest BCUT2D eigenvalue weighted by atomic mass is 16.7. The van der Waals surface area contributed by atoms with Crippen molar-refractivity contribution in [1.29, 1.82) is 0 Å². The lowest BCUT2D eigenvalue weighted by Gasteiger charge is -2.19. The van der Waals surface area contributed by atoms with Gasteiger partial charge in [-0.05, 0) is 37.5 Å². The molecule has 112 valence electrons. The topological polar surface area (TPSA) is 46.6 Å². The Bertz CT molecular complexity index is 661. The van der Waals surface area contributed by atoms with Gasteiger partial charge < -0.3 is 0 Å². The smallest absolute Gasteiger partial charge is 0.266 e. The first-order valence-corrected chi connectivity index (χ1v) is 7.35. The number of carbonyl (C=O) groups excluding carboxylic acids is 2. The average Bonchev–Trinajstić information content (AvgIpc) is 2.79. The molecule has 1 unspecified atom stereocenters. The average molecular weight is 295 g/mol. The van der Waals surface area contributed by atoms with Gasteiger partial charge in [-0.1, -0.05) is 42.5 Å². The van der Waals surface area contributed by atoms with Crippen LogP contribution in [0.4, 0.5) is 0 Å². The van der Waals surface area contributed by atoms with Crippen molar-refractivity contribution in [3.63, 3.8) is 0 Å². The quantitative estimate of drug-likeness (QED) is 0.796. The van der Waals surface area contributed by atoms with E-state index in [-0.39, 0.29) is 17.9 Å². The summed E-state index contributed by atoms with van der Waals surface area (Å²) in [6, 6.07) is 16.8. The minimum Gasteiger partial charge on any atom is -0.266 e. The Morgan fingerprint density at radius 3 is 2.05 bits per heavy atom. The molecule has 2 amide bonds. The standard InChI is InChI=1S/C18H17NO3/c1-13(11-12-14-7-3-2-4-8-14)22-19-17(20)15-9-5-6-10-16(15)18(19)21/h2-10,13H,11-12H2,1H3. The van der Waals surface area contributed by atoms with Crippen molar-refractivity contribution in [2.45, 2.75) is 25.9 Å². The second-order valence-corrected chi connectivity index (χ2v) is 5.39. The van der Waals surface area contributed by atoms with E-state index in [4.69, 9.17) is 4.84 Å². The monoisotopic (exact) mass is 295 g/mol. The molecule has 2 aromatic carbocycles. The van der Waals surface area contributed by atoms with Crippen LogP contribution in [0.3, 0.4) is 0 Å². The molecule has 0 aliphatic carbocycles. The number of hydroxylamine groups is 2. The molecule has 1 aliphatic heterocycles. The first-order chi connectivity index (χ1) is 10.7. The maximum absolute atomic E-state index is 12.2. The van der Waals surface area contributed by atoms with E-state index in [0.29, 0.717) is 11.1 Å². The number of nitrogens with zero attached hydrogens (tertiary/aromatic N) is 1. The summed E-state index contributed by atoms with van der Waals surface area (Å²) in [6.07, 6.45) is 1.35. The minimum atomic E-state index is -0.382. The molecule has 2 aromatic rings. The first-order valence-electron chi connectivity index (χ1n) is 7.35. The Hall–Kier alpha value is -2.46. The van der Waals surface area contributed by atoms with Crippen molar-refractivity contribution in [2.75, 3.05) is 0 Å². The summed E-state index contributed by atoms with van der Waals surface area (Å²) in [4.78, 5) is 30.0. The number of imide groups is 1. The highest BCUT2D eigenvalue weighted by molar-refractivity contribution is 6.20. The van der Waals surface area contributed by atoms with E-state index < -0.39 is 0 Å². The Labute approximate surface area is 129 Å². The van der Waals surface area contributed by atoms with Crippen LogP contribution in [0, 0.1) is 0 Å². The van der Waals surface area contributed by atoms with E-state index in [9.17, 15) is 9.59 Å². The van der Waals surface area contributed by atoms with Gasteiger partial charge in [-0.15, -0.1) is 5.06 Å². The molecule has 22 heavy (non-hydrogen) atoms. The molecule has 0 saturated carbocycles. The number of aryl methyl sites for hydroxylation is 1. The second-order valence-electron chi connectivity index (χ2n) is 5.39. The highest BCUT2D eigenvalue weighted by Crippen LogP contribution is 2.24. The van der Waals surface area contributed by atoms with Gasteiger partial charge in [0.05, 0.1) is 17.2 Å². The van der Waals surface area contributed by atoms with E-state index >= 15 is 0 Å². The molecule has 1 heterocycles. The van der Waals surface area contributed by atoms with Gasteiger partial charge in [0.1, 0.15) is 0 Å². The van der Waals surface area contributed by atoms with Crippen molar-refractivity contribution in [3.8, 4) is 0 Å². The van der Waals surface area contributed by atoms with E-state index in [0.717, 1.165) is 17.9 Å². The normalized spacial score (nSPS) is 15.0. The van der Waals surface area contributed by atoms with E-state index in [1.165, 1.54) is 5.56 Å². The van der Waals surface area contributed by atoms with Gasteiger partial charge in [-0.25, -0.2) is 0 Å². The Kier molecular flexibility index (Phi) is 4.02. The number of amides is 2. The second kappa shape index (κ2) is 6.12. The summed E-state index contributed by atoms with van der Waals surface area (Å²) in [5, 5.41) is 0.889. The first kappa shape index (κ1) is 14.5. The lowest BCUT2D eigenvalue weighted by Crippen LogP contribution is -2.33. The molecule has 0 saturated heterocycles. The van der Waals surface area contributed by atoms with Crippen LogP contribution in [0.15, 0.2) is 54.6 Å². The van der Waals surface area contributed by atoms with E-state index in [1.807, 2.05) is 25.1 Å². The fraction of sp³-hybridized carbons (Fsp3) is 0.222. The predicted molar refractivity (Wildman–Crippen MR) is 82.3 cm³/mol. The Morgan fingerprint density at radius 1 is 0.909 bits per heavy atom. The molecule has 0 aromatic heterocycles. The van der Waals surface area contributed by atoms with Gasteiger partial charge in [0.2, 0.25) is 0 Å². The zero-order chi connectivity index (χ0) is 15.5. The van der Waals surface area contributed by atoms with Crippen LogP contribution in [0.1, 0.15) is 39.6 Å². The molecule has 0 fully saturated rings. The van der Waals surface area contributed by atoms with Crippen molar-refractivity contribution >= 4 is 11.8 Å². The molecule has 0 bridgehead atoms. The number of benzene rings is 2. The van der Waals surface area contributed by atoms with Gasteiger partial charge >= 0.3 is 0 Å². The lowest BCUT2D eigenvalue weighted by molar-refractivity contribution is -0.127. The van der Waals surface area contributed by atoms with E-state index in [1.54, 1.807) is 24.3 Å². The molecular weight excluding hydrogens is 278 g/mol. The maximum Gasteiger partial charge on any atom is 0.285 e. The van der Waals surface area contributed by atoms with Gasteiger partial charge in [0, 0.05) is 0 Å². The van der Waals surface area contributed by atoms with Crippen LogP contribution in [0.2, 0.25) is 0 Å². The van der Waals surface area contributed by atoms with Gasteiger partial charge in [-0.2, -0.15) is 0 Å². The van der Waals surface area contributed by atoms with Gasteiger partial charge in [0.25, 0.3) is 11.8 Å². The van der Waals surface area contributed by atoms with Crippen molar-refractivity contribution in [1.82, 2.24) is 5.06 Å². The molecule has 0 spiro atoms. The van der Waals surface area contributed by atoms with Crippen LogP contribution >= 0.6 is 0 Å². The molecule has 4 nitrogen and oxygen atoms in total. The van der Waals surface area contributed by atoms with Crippen LogP contribution in [-0.4, -0.2) is 23.0 Å². The van der Waals surface area contributed by atoms with Crippen molar-refractivity contribution in [2.24, 2.45) is 0 Å². The largest absolute Gasteiger partial charge is 0.285 e. The van der Waals surface area contributed by atoms with Crippen LogP contribution in [-0.2, 0) is 11.3 Å². The summed E-state index contributed by atoms with van der Waals surface area (Å²) >= 11 is 0. The zero-order valence-corrected chi connectivity index (χ0v) is 12.4. The summed E-state index contributed by atoms with van der Waals surface area (Å²) in [6.45, 7) is 1.87. The number of carbonyl (C=O) groups is 2. The third-order valence-corrected chi connectivity index (χ3v) is 3.72. The molecule has 0 radical (unpaired) electrons. The van der Waals surface area contributed by atoms with Crippen molar-refractivity contribution in [3.05, 3.63) is 71.3 Å². The molecule has 3 rings (SSSR count).